The first kappa shape index (κ1) is 18.9. The van der Waals surface area contributed by atoms with Crippen molar-refractivity contribution in [3.63, 3.8) is 0 Å². The van der Waals surface area contributed by atoms with Crippen LogP contribution in [0.2, 0.25) is 0 Å². The second kappa shape index (κ2) is 6.28. The van der Waals surface area contributed by atoms with E-state index in [4.69, 9.17) is 4.74 Å². The quantitative estimate of drug-likeness (QED) is 0.688. The number of aromatic nitrogens is 2. The van der Waals surface area contributed by atoms with Gasteiger partial charge in [0.05, 0.1) is 16.9 Å². The smallest absolute Gasteiger partial charge is 0.254 e. The number of aryl methyl sites for hydroxylation is 2. The molecule has 27 heavy (non-hydrogen) atoms. The van der Waals surface area contributed by atoms with E-state index in [0.717, 1.165) is 6.54 Å². The van der Waals surface area contributed by atoms with Crippen LogP contribution in [0.15, 0.2) is 4.90 Å². The highest BCUT2D eigenvalue weighted by molar-refractivity contribution is 7.89. The summed E-state index contributed by atoms with van der Waals surface area (Å²) in [5.74, 6) is 0.658. The monoisotopic (exact) mass is 396 g/mol. The lowest BCUT2D eigenvalue weighted by atomic mass is 9.73. The molecule has 1 aliphatic carbocycles. The molecular formula is C18H28N4O4S. The maximum Gasteiger partial charge on any atom is 0.254 e. The van der Waals surface area contributed by atoms with Crippen molar-refractivity contribution in [2.24, 2.45) is 13.0 Å². The Morgan fingerprint density at radius 3 is 2.33 bits per heavy atom. The van der Waals surface area contributed by atoms with Gasteiger partial charge in [-0.2, -0.15) is 9.40 Å². The minimum atomic E-state index is -3.60. The molecule has 150 valence electrons. The topological polar surface area (TPSA) is 84.7 Å². The first-order valence-corrected chi connectivity index (χ1v) is 11.0. The minimum absolute atomic E-state index is 0.0552. The van der Waals surface area contributed by atoms with Gasteiger partial charge in [-0.15, -0.1) is 0 Å². The van der Waals surface area contributed by atoms with Crippen molar-refractivity contribution < 1.29 is 17.9 Å². The van der Waals surface area contributed by atoms with E-state index >= 15 is 0 Å². The highest BCUT2D eigenvalue weighted by Crippen LogP contribution is 2.46. The molecule has 1 spiro atoms. The van der Waals surface area contributed by atoms with Crippen molar-refractivity contribution in [2.45, 2.75) is 56.1 Å². The average Bonchev–Trinajstić information content (AvgIpc) is 3.40. The van der Waals surface area contributed by atoms with Crippen molar-refractivity contribution in [1.29, 1.82) is 0 Å². The van der Waals surface area contributed by atoms with Crippen molar-refractivity contribution in [3.8, 4) is 0 Å². The Kier molecular flexibility index (Phi) is 4.40. The van der Waals surface area contributed by atoms with Gasteiger partial charge in [0.15, 0.2) is 6.10 Å². The molecule has 1 saturated carbocycles. The minimum Gasteiger partial charge on any atom is -0.369 e. The van der Waals surface area contributed by atoms with Gasteiger partial charge in [-0.1, -0.05) is 0 Å². The summed E-state index contributed by atoms with van der Waals surface area (Å²) in [4.78, 5) is 14.8. The zero-order chi connectivity index (χ0) is 19.6. The van der Waals surface area contributed by atoms with Crippen LogP contribution in [0.5, 0.6) is 0 Å². The molecule has 0 N–H and O–H groups in total. The molecule has 3 heterocycles. The molecule has 3 fully saturated rings. The fraction of sp³-hybridized carbons (Fsp3) is 0.778. The van der Waals surface area contributed by atoms with E-state index < -0.39 is 16.1 Å². The van der Waals surface area contributed by atoms with Gasteiger partial charge in [0.25, 0.3) is 5.91 Å². The summed E-state index contributed by atoms with van der Waals surface area (Å²) >= 11 is 0. The predicted octanol–water partition coefficient (Wildman–Crippen LogP) is 0.827. The van der Waals surface area contributed by atoms with E-state index in [-0.39, 0.29) is 11.4 Å². The molecule has 1 atom stereocenters. The Morgan fingerprint density at radius 2 is 1.85 bits per heavy atom. The van der Waals surface area contributed by atoms with Crippen molar-refractivity contribution in [1.82, 2.24) is 19.0 Å². The molecule has 3 aliphatic rings. The lowest BCUT2D eigenvalue weighted by Crippen LogP contribution is -2.77. The van der Waals surface area contributed by atoms with Gasteiger partial charge in [-0.05, 0) is 45.4 Å². The molecule has 8 nitrogen and oxygen atoms in total. The summed E-state index contributed by atoms with van der Waals surface area (Å²) in [6, 6.07) is 0. The van der Waals surface area contributed by atoms with Crippen LogP contribution in [0.4, 0.5) is 0 Å². The number of rotatable bonds is 5. The fourth-order valence-corrected chi connectivity index (χ4v) is 6.56. The lowest BCUT2D eigenvalue weighted by molar-refractivity contribution is -0.197. The first-order chi connectivity index (χ1) is 12.7. The van der Waals surface area contributed by atoms with E-state index in [0.29, 0.717) is 48.1 Å². The largest absolute Gasteiger partial charge is 0.369 e. The summed E-state index contributed by atoms with van der Waals surface area (Å²) in [5.41, 5.74) is 0.829. The second-order valence-corrected chi connectivity index (χ2v) is 10.0. The third-order valence-electron chi connectivity index (χ3n) is 6.52. The standard InChI is InChI=1S/C18H28N4O4S/c1-12-15(13(2)20(3)19-12)27(24,25)21-9-7-18(8-10-21)16(26-4)17(23)22(18)11-14-5-6-14/h14,16H,5-11H2,1-4H3. The molecule has 9 heteroatoms. The SMILES string of the molecule is COC1C(=O)N(CC2CC2)C12CCN(S(=O)(=O)c1c(C)nn(C)c1C)CC2. The number of hydrogen-bond donors (Lipinski definition) is 0. The van der Waals surface area contributed by atoms with Gasteiger partial charge in [0, 0.05) is 33.8 Å². The van der Waals surface area contributed by atoms with Gasteiger partial charge in [-0.25, -0.2) is 8.42 Å². The van der Waals surface area contributed by atoms with E-state index in [1.54, 1.807) is 37.0 Å². The van der Waals surface area contributed by atoms with E-state index in [9.17, 15) is 13.2 Å². The third-order valence-corrected chi connectivity index (χ3v) is 8.67. The Balaban J connectivity index is 1.55. The number of piperidine rings is 1. The molecule has 0 bridgehead atoms. The van der Waals surface area contributed by atoms with Crippen LogP contribution in [-0.2, 0) is 26.6 Å². The number of β-lactam (4-membered cyclic amide) rings is 1. The molecule has 0 radical (unpaired) electrons. The van der Waals surface area contributed by atoms with E-state index in [1.807, 2.05) is 4.90 Å². The van der Waals surface area contributed by atoms with Gasteiger partial charge in [0.1, 0.15) is 4.90 Å². The maximum atomic E-state index is 13.2. The molecular weight excluding hydrogens is 368 g/mol. The van der Waals surface area contributed by atoms with Crippen LogP contribution >= 0.6 is 0 Å². The third kappa shape index (κ3) is 2.74. The van der Waals surface area contributed by atoms with Gasteiger partial charge >= 0.3 is 0 Å². The average molecular weight is 397 g/mol. The summed E-state index contributed by atoms with van der Waals surface area (Å²) < 4.78 is 35.1. The first-order valence-electron chi connectivity index (χ1n) is 9.57. The Morgan fingerprint density at radius 1 is 1.22 bits per heavy atom. The molecule has 1 amide bonds. The Labute approximate surface area is 160 Å². The van der Waals surface area contributed by atoms with Crippen LogP contribution in [-0.4, -0.2) is 71.7 Å². The van der Waals surface area contributed by atoms with E-state index in [1.165, 1.54) is 12.8 Å². The fourth-order valence-electron chi connectivity index (χ4n) is 4.72. The van der Waals surface area contributed by atoms with Gasteiger partial charge < -0.3 is 9.64 Å². The van der Waals surface area contributed by atoms with Crippen LogP contribution < -0.4 is 0 Å². The number of hydrogen-bond acceptors (Lipinski definition) is 5. The molecule has 4 rings (SSSR count). The van der Waals surface area contributed by atoms with Crippen molar-refractivity contribution >= 4 is 15.9 Å². The zero-order valence-corrected chi connectivity index (χ0v) is 17.3. The number of carbonyl (C=O) groups is 1. The molecule has 1 aromatic heterocycles. The number of sulfonamides is 1. The maximum absolute atomic E-state index is 13.2. The molecule has 2 saturated heterocycles. The summed E-state index contributed by atoms with van der Waals surface area (Å²) in [6.07, 6.45) is 3.14. The van der Waals surface area contributed by atoms with E-state index in [2.05, 4.69) is 5.10 Å². The molecule has 1 aromatic rings. The Bertz CT molecular complexity index is 866. The summed E-state index contributed by atoms with van der Waals surface area (Å²) in [7, 11) is -0.268. The van der Waals surface area contributed by atoms with Gasteiger partial charge in [-0.3, -0.25) is 9.48 Å². The molecule has 2 aliphatic heterocycles. The number of methoxy groups -OCH3 is 1. The van der Waals surface area contributed by atoms with Crippen LogP contribution in [0.3, 0.4) is 0 Å². The number of amides is 1. The van der Waals surface area contributed by atoms with Crippen LogP contribution in [0, 0.1) is 19.8 Å². The molecule has 0 aromatic carbocycles. The van der Waals surface area contributed by atoms with Crippen molar-refractivity contribution in [3.05, 3.63) is 11.4 Å². The van der Waals surface area contributed by atoms with Gasteiger partial charge in [0.2, 0.25) is 10.0 Å². The summed E-state index contributed by atoms with van der Waals surface area (Å²) in [6.45, 7) is 5.08. The highest BCUT2D eigenvalue weighted by atomic mass is 32.2. The second-order valence-electron chi connectivity index (χ2n) is 8.14. The van der Waals surface area contributed by atoms with Crippen LogP contribution in [0.1, 0.15) is 37.1 Å². The Hall–Kier alpha value is -1.45. The zero-order valence-electron chi connectivity index (χ0n) is 16.4. The summed E-state index contributed by atoms with van der Waals surface area (Å²) in [5, 5.41) is 4.25. The lowest BCUT2D eigenvalue weighted by Gasteiger charge is -2.59. The normalized spacial score (nSPS) is 25.9. The number of nitrogens with zero attached hydrogens (tertiary/aromatic N) is 4. The number of ether oxygens (including phenoxy) is 1. The number of carbonyl (C=O) groups excluding carboxylic acids is 1. The highest BCUT2D eigenvalue weighted by Gasteiger charge is 2.62. The molecule has 1 unspecified atom stereocenters. The van der Waals surface area contributed by atoms with Crippen molar-refractivity contribution in [2.75, 3.05) is 26.7 Å². The van der Waals surface area contributed by atoms with Crippen LogP contribution in [0.25, 0.3) is 0 Å². The number of likely N-dealkylation sites (tertiary alicyclic amines) is 1. The predicted molar refractivity (Wildman–Crippen MR) is 98.6 cm³/mol.